The van der Waals surface area contributed by atoms with Crippen LogP contribution >= 0.6 is 11.8 Å². The quantitative estimate of drug-likeness (QED) is 0.516. The van der Waals surface area contributed by atoms with Crippen molar-refractivity contribution in [1.29, 1.82) is 0 Å². The van der Waals surface area contributed by atoms with Crippen molar-refractivity contribution < 1.29 is 9.59 Å². The fraction of sp³-hybridized carbons (Fsp3) is 0.273. The standard InChI is InChI=1S/C22H21N5O4S/c28-19(15-3-1-2-14(8-15)16-9-23-13-24-10-16)11-25-20(29)4-6-27-18-5-7-32-12-17(18)21(30)26-22(27)31/h1-3,8-10,13H,4-7,11-12H2,(H,25,29)(H,26,30,31). The summed E-state index contributed by atoms with van der Waals surface area (Å²) < 4.78 is 1.46. The molecule has 0 radical (unpaired) electrons. The third-order valence-corrected chi connectivity index (χ3v) is 6.22. The highest BCUT2D eigenvalue weighted by molar-refractivity contribution is 7.98. The highest BCUT2D eigenvalue weighted by Crippen LogP contribution is 2.21. The fourth-order valence-electron chi connectivity index (χ4n) is 3.57. The summed E-state index contributed by atoms with van der Waals surface area (Å²) in [5, 5.41) is 2.62. The van der Waals surface area contributed by atoms with E-state index in [4.69, 9.17) is 0 Å². The number of aromatic nitrogens is 4. The second kappa shape index (κ2) is 9.73. The number of aromatic amines is 1. The number of hydrogen-bond donors (Lipinski definition) is 2. The Morgan fingerprint density at radius 2 is 1.97 bits per heavy atom. The number of Topliss-reactive ketones (excluding diaryl/α,β-unsaturated/α-hetero) is 1. The number of nitrogens with one attached hydrogen (secondary N) is 2. The molecule has 0 unspecified atom stereocenters. The Bertz CT molecular complexity index is 1270. The number of rotatable bonds is 7. The Morgan fingerprint density at radius 3 is 2.78 bits per heavy atom. The zero-order chi connectivity index (χ0) is 22.5. The summed E-state index contributed by atoms with van der Waals surface area (Å²) >= 11 is 1.64. The van der Waals surface area contributed by atoms with Gasteiger partial charge in [-0.2, -0.15) is 11.8 Å². The van der Waals surface area contributed by atoms with Crippen LogP contribution in [0.3, 0.4) is 0 Å². The van der Waals surface area contributed by atoms with E-state index in [0.717, 1.165) is 16.9 Å². The van der Waals surface area contributed by atoms with Gasteiger partial charge in [-0.1, -0.05) is 18.2 Å². The molecule has 2 aromatic heterocycles. The molecule has 1 aliphatic heterocycles. The van der Waals surface area contributed by atoms with Crippen molar-refractivity contribution >= 4 is 23.5 Å². The third kappa shape index (κ3) is 4.86. The molecule has 164 valence electrons. The summed E-state index contributed by atoms with van der Waals surface area (Å²) in [5.41, 5.74) is 2.50. The molecule has 3 heterocycles. The number of thioether (sulfide) groups is 1. The van der Waals surface area contributed by atoms with E-state index in [1.165, 1.54) is 10.9 Å². The summed E-state index contributed by atoms with van der Waals surface area (Å²) in [6.07, 6.45) is 5.40. The number of carbonyl (C=O) groups excluding carboxylic acids is 2. The Labute approximate surface area is 187 Å². The number of carbonyl (C=O) groups is 2. The van der Waals surface area contributed by atoms with E-state index in [2.05, 4.69) is 20.3 Å². The molecule has 0 saturated carbocycles. The fourth-order valence-corrected chi connectivity index (χ4v) is 4.56. The van der Waals surface area contributed by atoms with Crippen LogP contribution in [0.15, 0.2) is 52.6 Å². The van der Waals surface area contributed by atoms with Crippen LogP contribution in [0.4, 0.5) is 0 Å². The van der Waals surface area contributed by atoms with Gasteiger partial charge in [0.1, 0.15) is 6.33 Å². The van der Waals surface area contributed by atoms with E-state index in [-0.39, 0.29) is 36.8 Å². The van der Waals surface area contributed by atoms with Crippen molar-refractivity contribution in [2.75, 3.05) is 12.3 Å². The molecule has 2 N–H and O–H groups in total. The van der Waals surface area contributed by atoms with Crippen molar-refractivity contribution in [2.24, 2.45) is 0 Å². The summed E-state index contributed by atoms with van der Waals surface area (Å²) in [6, 6.07) is 7.04. The molecule has 0 atom stereocenters. The molecule has 0 bridgehead atoms. The minimum Gasteiger partial charge on any atom is -0.349 e. The molecule has 3 aromatic rings. The van der Waals surface area contributed by atoms with Crippen molar-refractivity contribution in [3.8, 4) is 11.1 Å². The van der Waals surface area contributed by atoms with Crippen molar-refractivity contribution in [2.45, 2.75) is 25.1 Å². The highest BCUT2D eigenvalue weighted by Gasteiger charge is 2.19. The molecule has 0 spiro atoms. The van der Waals surface area contributed by atoms with E-state index in [1.54, 1.807) is 42.4 Å². The number of ketones is 1. The molecule has 0 saturated heterocycles. The lowest BCUT2D eigenvalue weighted by atomic mass is 10.0. The van der Waals surface area contributed by atoms with Gasteiger partial charge in [-0.15, -0.1) is 0 Å². The average Bonchev–Trinajstić information content (AvgIpc) is 2.83. The van der Waals surface area contributed by atoms with Crippen LogP contribution in [0.25, 0.3) is 11.1 Å². The number of amides is 1. The first-order valence-corrected chi connectivity index (χ1v) is 11.3. The van der Waals surface area contributed by atoms with Gasteiger partial charge in [0.25, 0.3) is 5.56 Å². The lowest BCUT2D eigenvalue weighted by Crippen LogP contribution is -2.38. The Kier molecular flexibility index (Phi) is 6.60. The molecule has 1 aliphatic rings. The van der Waals surface area contributed by atoms with E-state index in [0.29, 0.717) is 29.0 Å². The largest absolute Gasteiger partial charge is 0.349 e. The van der Waals surface area contributed by atoms with Crippen LogP contribution in [0.1, 0.15) is 28.0 Å². The van der Waals surface area contributed by atoms with Gasteiger partial charge in [-0.3, -0.25) is 23.9 Å². The number of nitrogens with zero attached hydrogens (tertiary/aromatic N) is 3. The molecule has 0 aliphatic carbocycles. The van der Waals surface area contributed by atoms with Crippen LogP contribution in [0, 0.1) is 0 Å². The van der Waals surface area contributed by atoms with Gasteiger partial charge in [0.2, 0.25) is 5.91 Å². The van der Waals surface area contributed by atoms with Gasteiger partial charge in [-0.05, 0) is 23.8 Å². The molecule has 32 heavy (non-hydrogen) atoms. The maximum atomic E-state index is 12.5. The first kappa shape index (κ1) is 21.7. The Balaban J connectivity index is 1.37. The van der Waals surface area contributed by atoms with Crippen LogP contribution in [0.5, 0.6) is 0 Å². The van der Waals surface area contributed by atoms with Gasteiger partial charge >= 0.3 is 5.69 Å². The monoisotopic (exact) mass is 451 g/mol. The second-order valence-corrected chi connectivity index (χ2v) is 8.40. The molecular formula is C22H21N5O4S. The van der Waals surface area contributed by atoms with Gasteiger partial charge in [-0.25, -0.2) is 14.8 Å². The summed E-state index contributed by atoms with van der Waals surface area (Å²) in [4.78, 5) is 59.4. The average molecular weight is 452 g/mol. The predicted molar refractivity (Wildman–Crippen MR) is 121 cm³/mol. The van der Waals surface area contributed by atoms with Crippen molar-refractivity contribution in [3.05, 3.63) is 80.6 Å². The number of H-pyrrole nitrogens is 1. The van der Waals surface area contributed by atoms with Gasteiger partial charge in [0.05, 0.1) is 6.54 Å². The molecule has 4 rings (SSSR count). The van der Waals surface area contributed by atoms with Crippen LogP contribution in [-0.4, -0.2) is 43.5 Å². The van der Waals surface area contributed by atoms with E-state index >= 15 is 0 Å². The Morgan fingerprint density at radius 1 is 1.16 bits per heavy atom. The topological polar surface area (TPSA) is 127 Å². The zero-order valence-electron chi connectivity index (χ0n) is 17.2. The van der Waals surface area contributed by atoms with Gasteiger partial charge in [0.15, 0.2) is 5.78 Å². The lowest BCUT2D eigenvalue weighted by molar-refractivity contribution is -0.121. The predicted octanol–water partition coefficient (Wildman–Crippen LogP) is 1.17. The van der Waals surface area contributed by atoms with E-state index in [1.807, 2.05) is 6.07 Å². The Hall–Kier alpha value is -3.53. The number of fused-ring (bicyclic) bond motifs is 1. The van der Waals surface area contributed by atoms with E-state index in [9.17, 15) is 19.2 Å². The van der Waals surface area contributed by atoms with Gasteiger partial charge in [0, 0.05) is 53.5 Å². The smallest absolute Gasteiger partial charge is 0.328 e. The summed E-state index contributed by atoms with van der Waals surface area (Å²) in [7, 11) is 0. The summed E-state index contributed by atoms with van der Waals surface area (Å²) in [6.45, 7) is -0.00499. The molecular weight excluding hydrogens is 430 g/mol. The molecule has 1 aromatic carbocycles. The first-order chi connectivity index (χ1) is 15.5. The first-order valence-electron chi connectivity index (χ1n) is 10.1. The van der Waals surface area contributed by atoms with Crippen LogP contribution < -0.4 is 16.6 Å². The SMILES string of the molecule is O=C(CCn1c2c(c(=O)[nH]c1=O)CSCC2)NCC(=O)c1cccc(-c2cncnc2)c1. The van der Waals surface area contributed by atoms with Crippen molar-refractivity contribution in [3.63, 3.8) is 0 Å². The molecule has 1 amide bonds. The number of hydrogen-bond acceptors (Lipinski definition) is 7. The minimum absolute atomic E-state index is 0.0280. The lowest BCUT2D eigenvalue weighted by Gasteiger charge is -2.19. The van der Waals surface area contributed by atoms with E-state index < -0.39 is 5.69 Å². The molecule has 10 heteroatoms. The minimum atomic E-state index is -0.508. The van der Waals surface area contributed by atoms with Gasteiger partial charge < -0.3 is 5.32 Å². The molecule has 0 fully saturated rings. The molecule has 9 nitrogen and oxygen atoms in total. The zero-order valence-corrected chi connectivity index (χ0v) is 18.0. The van der Waals surface area contributed by atoms with Crippen molar-refractivity contribution in [1.82, 2.24) is 24.8 Å². The maximum absolute atomic E-state index is 12.5. The number of benzene rings is 1. The second-order valence-electron chi connectivity index (χ2n) is 7.30. The maximum Gasteiger partial charge on any atom is 0.328 e. The normalized spacial score (nSPS) is 12.8. The highest BCUT2D eigenvalue weighted by atomic mass is 32.2. The van der Waals surface area contributed by atoms with Crippen LogP contribution in [0.2, 0.25) is 0 Å². The van der Waals surface area contributed by atoms with Crippen LogP contribution in [-0.2, 0) is 23.5 Å². The third-order valence-electron chi connectivity index (χ3n) is 5.23. The summed E-state index contributed by atoms with van der Waals surface area (Å²) in [5.74, 6) is 0.806.